The molecule has 5 rings (SSSR count). The van der Waals surface area contributed by atoms with Crippen LogP contribution < -0.4 is 0 Å². The number of hydrogen-bond acceptors (Lipinski definition) is 0. The molecule has 0 aliphatic heterocycles. The van der Waals surface area contributed by atoms with Crippen LogP contribution in [0.4, 0.5) is 0 Å². The molecule has 0 spiro atoms. The molecule has 0 atom stereocenters. The first-order valence-electron chi connectivity index (χ1n) is 8.95. The Morgan fingerprint density at radius 3 is 1.96 bits per heavy atom. The summed E-state index contributed by atoms with van der Waals surface area (Å²) in [5.41, 5.74) is 1.14. The predicted molar refractivity (Wildman–Crippen MR) is 109 cm³/mol. The van der Waals surface area contributed by atoms with Gasteiger partial charge in [-0.2, -0.15) is 0 Å². The van der Waals surface area contributed by atoms with Crippen molar-refractivity contribution in [3.63, 3.8) is 0 Å². The predicted octanol–water partition coefficient (Wildman–Crippen LogP) is 6.89. The molecule has 0 N–H and O–H groups in total. The average Bonchev–Trinajstić information content (AvgIpc) is 2.67. The summed E-state index contributed by atoms with van der Waals surface area (Å²) in [6.45, 7) is 2.17. The maximum atomic E-state index is 3.39. The molecule has 0 saturated heterocycles. The minimum atomic E-state index is 0.949. The third-order valence-corrected chi connectivity index (χ3v) is 5.12. The SMILES string of the molecule is CCCC#Cc1ccc2c3cccc4cccc(c5cccc1c52)c43. The highest BCUT2D eigenvalue weighted by Crippen LogP contribution is 2.40. The molecule has 0 saturated carbocycles. The Balaban J connectivity index is 2.02. The summed E-state index contributed by atoms with van der Waals surface area (Å²) in [6, 6.07) is 24.3. The molecule has 0 unspecified atom stereocenters. The first-order valence-corrected chi connectivity index (χ1v) is 8.95. The van der Waals surface area contributed by atoms with E-state index in [9.17, 15) is 0 Å². The summed E-state index contributed by atoms with van der Waals surface area (Å²) < 4.78 is 0. The molecule has 0 nitrogen and oxygen atoms in total. The molecule has 0 radical (unpaired) electrons. The second kappa shape index (κ2) is 5.50. The Kier molecular flexibility index (Phi) is 3.15. The molecule has 0 heteroatoms. The molecule has 5 aromatic carbocycles. The number of benzene rings is 5. The summed E-state index contributed by atoms with van der Waals surface area (Å²) in [7, 11) is 0. The van der Waals surface area contributed by atoms with E-state index < -0.39 is 0 Å². The summed E-state index contributed by atoms with van der Waals surface area (Å²) in [5, 5.41) is 10.6. The maximum Gasteiger partial charge on any atom is 0.0324 e. The summed E-state index contributed by atoms with van der Waals surface area (Å²) in [6.07, 6.45) is 2.05. The van der Waals surface area contributed by atoms with Crippen LogP contribution >= 0.6 is 0 Å². The van der Waals surface area contributed by atoms with E-state index in [2.05, 4.69) is 85.5 Å². The highest BCUT2D eigenvalue weighted by Gasteiger charge is 2.13. The quantitative estimate of drug-likeness (QED) is 0.179. The van der Waals surface area contributed by atoms with Gasteiger partial charge in [0.15, 0.2) is 0 Å². The van der Waals surface area contributed by atoms with E-state index in [1.54, 1.807) is 0 Å². The average molecular weight is 318 g/mol. The fraction of sp³-hybridized carbons (Fsp3) is 0.120. The first-order chi connectivity index (χ1) is 12.4. The van der Waals surface area contributed by atoms with Crippen molar-refractivity contribution in [2.75, 3.05) is 0 Å². The van der Waals surface area contributed by atoms with E-state index in [0.717, 1.165) is 18.4 Å². The summed E-state index contributed by atoms with van der Waals surface area (Å²) >= 11 is 0. The van der Waals surface area contributed by atoms with Crippen LogP contribution in [-0.4, -0.2) is 0 Å². The van der Waals surface area contributed by atoms with Gasteiger partial charge in [-0.25, -0.2) is 0 Å². The van der Waals surface area contributed by atoms with Crippen LogP contribution in [-0.2, 0) is 0 Å². The van der Waals surface area contributed by atoms with E-state index in [4.69, 9.17) is 0 Å². The van der Waals surface area contributed by atoms with Crippen molar-refractivity contribution in [2.24, 2.45) is 0 Å². The molecule has 0 aliphatic rings. The zero-order valence-electron chi connectivity index (χ0n) is 14.3. The Morgan fingerprint density at radius 2 is 1.24 bits per heavy atom. The third-order valence-electron chi connectivity index (χ3n) is 5.12. The van der Waals surface area contributed by atoms with Gasteiger partial charge in [0.25, 0.3) is 0 Å². The fourth-order valence-electron chi connectivity index (χ4n) is 4.04. The lowest BCUT2D eigenvalue weighted by Crippen LogP contribution is -1.88. The van der Waals surface area contributed by atoms with E-state index >= 15 is 0 Å². The Hall–Kier alpha value is -3.04. The van der Waals surface area contributed by atoms with Crippen LogP contribution in [0.15, 0.2) is 66.7 Å². The minimum Gasteiger partial charge on any atom is -0.0979 e. The summed E-state index contributed by atoms with van der Waals surface area (Å²) in [5.74, 6) is 6.70. The van der Waals surface area contributed by atoms with Crippen molar-refractivity contribution in [2.45, 2.75) is 19.8 Å². The molecule has 0 aromatic heterocycles. The van der Waals surface area contributed by atoms with Crippen LogP contribution in [0.1, 0.15) is 25.3 Å². The number of fused-ring (bicyclic) bond motifs is 2. The van der Waals surface area contributed by atoms with Gasteiger partial charge in [-0.1, -0.05) is 79.4 Å². The summed E-state index contributed by atoms with van der Waals surface area (Å²) in [4.78, 5) is 0. The molecule has 0 heterocycles. The van der Waals surface area contributed by atoms with Gasteiger partial charge in [-0.15, -0.1) is 0 Å². The number of hydrogen-bond donors (Lipinski definition) is 0. The molecule has 0 fully saturated rings. The molecule has 25 heavy (non-hydrogen) atoms. The van der Waals surface area contributed by atoms with Crippen molar-refractivity contribution in [1.82, 2.24) is 0 Å². The first kappa shape index (κ1) is 14.3. The largest absolute Gasteiger partial charge is 0.0979 e. The standard InChI is InChI=1S/C25H18/c1-2-3-4-8-17-15-16-23-21-13-6-10-18-9-5-12-20(24(18)21)22-14-7-11-19(17)25(22)23/h5-7,9-16H,2-3H2,1H3. The van der Waals surface area contributed by atoms with Gasteiger partial charge in [0.1, 0.15) is 0 Å². The van der Waals surface area contributed by atoms with Gasteiger partial charge >= 0.3 is 0 Å². The van der Waals surface area contributed by atoms with Crippen LogP contribution in [0.2, 0.25) is 0 Å². The minimum absolute atomic E-state index is 0.949. The number of unbranched alkanes of at least 4 members (excludes halogenated alkanes) is 1. The topological polar surface area (TPSA) is 0 Å². The van der Waals surface area contributed by atoms with Crippen LogP contribution in [0.3, 0.4) is 0 Å². The second-order valence-electron chi connectivity index (χ2n) is 6.65. The Bertz CT molecular complexity index is 1250. The highest BCUT2D eigenvalue weighted by molar-refractivity contribution is 6.33. The van der Waals surface area contributed by atoms with Gasteiger partial charge in [0.2, 0.25) is 0 Å². The van der Waals surface area contributed by atoms with E-state index in [1.165, 1.54) is 43.1 Å². The van der Waals surface area contributed by atoms with Gasteiger partial charge < -0.3 is 0 Å². The lowest BCUT2D eigenvalue weighted by atomic mass is 9.88. The van der Waals surface area contributed by atoms with Crippen LogP contribution in [0.5, 0.6) is 0 Å². The molecule has 0 amide bonds. The van der Waals surface area contributed by atoms with E-state index in [-0.39, 0.29) is 0 Å². The number of rotatable bonds is 1. The lowest BCUT2D eigenvalue weighted by Gasteiger charge is -2.14. The Morgan fingerprint density at radius 1 is 0.640 bits per heavy atom. The Labute approximate surface area is 147 Å². The van der Waals surface area contributed by atoms with E-state index in [1.807, 2.05) is 0 Å². The van der Waals surface area contributed by atoms with Gasteiger partial charge in [0.05, 0.1) is 0 Å². The maximum absolute atomic E-state index is 3.39. The third kappa shape index (κ3) is 2.03. The molecule has 118 valence electrons. The van der Waals surface area contributed by atoms with E-state index in [0.29, 0.717) is 0 Å². The monoisotopic (exact) mass is 318 g/mol. The molecule has 5 aromatic rings. The van der Waals surface area contributed by atoms with Gasteiger partial charge in [-0.05, 0) is 55.6 Å². The van der Waals surface area contributed by atoms with Crippen molar-refractivity contribution in [3.8, 4) is 11.8 Å². The fourth-order valence-corrected chi connectivity index (χ4v) is 4.04. The highest BCUT2D eigenvalue weighted by atomic mass is 14.2. The zero-order chi connectivity index (χ0) is 16.8. The van der Waals surface area contributed by atoms with Crippen molar-refractivity contribution in [3.05, 3.63) is 72.3 Å². The molecule has 0 bridgehead atoms. The lowest BCUT2D eigenvalue weighted by molar-refractivity contribution is 0.983. The van der Waals surface area contributed by atoms with Crippen LogP contribution in [0.25, 0.3) is 43.1 Å². The van der Waals surface area contributed by atoms with Crippen molar-refractivity contribution in [1.29, 1.82) is 0 Å². The van der Waals surface area contributed by atoms with Crippen molar-refractivity contribution >= 4 is 43.1 Å². The van der Waals surface area contributed by atoms with Gasteiger partial charge in [0, 0.05) is 12.0 Å². The van der Waals surface area contributed by atoms with Crippen LogP contribution in [0, 0.1) is 11.8 Å². The van der Waals surface area contributed by atoms with Crippen molar-refractivity contribution < 1.29 is 0 Å². The van der Waals surface area contributed by atoms with Gasteiger partial charge in [-0.3, -0.25) is 0 Å². The molecular weight excluding hydrogens is 300 g/mol. The second-order valence-corrected chi connectivity index (χ2v) is 6.65. The molecular formula is C25H18. The molecule has 0 aliphatic carbocycles. The normalized spacial score (nSPS) is 11.4. The zero-order valence-corrected chi connectivity index (χ0v) is 14.3. The smallest absolute Gasteiger partial charge is 0.0324 e.